The molecule has 132 valence electrons. The largest absolute Gasteiger partial charge is 0.422 e. The monoisotopic (exact) mass is 412 g/mol. The van der Waals surface area contributed by atoms with E-state index in [0.29, 0.717) is 28.9 Å². The van der Waals surface area contributed by atoms with Crippen LogP contribution in [0.3, 0.4) is 0 Å². The number of carbonyl (C=O) groups excluding carboxylic acids is 1. The van der Waals surface area contributed by atoms with Crippen LogP contribution in [0.5, 0.6) is 5.75 Å². The van der Waals surface area contributed by atoms with Crippen LogP contribution in [-0.4, -0.2) is 5.97 Å². The number of halogens is 1. The molecular formula is C21H17BrO4. The summed E-state index contributed by atoms with van der Waals surface area (Å²) < 4.78 is 11.8. The second kappa shape index (κ2) is 7.70. The van der Waals surface area contributed by atoms with Gasteiger partial charge in [-0.05, 0) is 56.7 Å². The van der Waals surface area contributed by atoms with Gasteiger partial charge in [-0.15, -0.1) is 0 Å². The van der Waals surface area contributed by atoms with E-state index in [1.54, 1.807) is 36.4 Å². The van der Waals surface area contributed by atoms with Crippen molar-refractivity contribution >= 4 is 32.9 Å². The Balaban J connectivity index is 2.06. The van der Waals surface area contributed by atoms with Crippen molar-refractivity contribution in [3.05, 3.63) is 86.2 Å². The highest BCUT2D eigenvalue weighted by Crippen LogP contribution is 2.29. The first-order chi connectivity index (χ1) is 12.4. The molecule has 0 unspecified atom stereocenters. The Bertz CT molecular complexity index is 1060. The van der Waals surface area contributed by atoms with Gasteiger partial charge in [-0.3, -0.25) is 0 Å². The van der Waals surface area contributed by atoms with Crippen molar-refractivity contribution in [2.24, 2.45) is 0 Å². The molecule has 3 rings (SSSR count). The topological polar surface area (TPSA) is 56.5 Å². The molecule has 0 aliphatic carbocycles. The molecule has 0 aliphatic heterocycles. The van der Waals surface area contributed by atoms with Crippen LogP contribution in [0.2, 0.25) is 0 Å². The summed E-state index contributed by atoms with van der Waals surface area (Å²) in [6.07, 6.45) is 2.49. The first-order valence-electron chi connectivity index (χ1n) is 8.11. The summed E-state index contributed by atoms with van der Waals surface area (Å²) in [5.41, 5.74) is 2.22. The van der Waals surface area contributed by atoms with E-state index in [1.807, 2.05) is 26.0 Å². The average Bonchev–Trinajstić information content (AvgIpc) is 2.60. The fourth-order valence-corrected chi connectivity index (χ4v) is 2.94. The third-order valence-corrected chi connectivity index (χ3v) is 4.32. The number of hydrogen-bond acceptors (Lipinski definition) is 4. The van der Waals surface area contributed by atoms with Gasteiger partial charge in [0, 0.05) is 21.5 Å². The predicted molar refractivity (Wildman–Crippen MR) is 105 cm³/mol. The van der Waals surface area contributed by atoms with Crippen molar-refractivity contribution < 1.29 is 13.9 Å². The lowest BCUT2D eigenvalue weighted by molar-refractivity contribution is 0.0733. The smallest absolute Gasteiger partial charge is 0.343 e. The minimum Gasteiger partial charge on any atom is -0.422 e. The van der Waals surface area contributed by atoms with Crippen molar-refractivity contribution in [2.45, 2.75) is 20.3 Å². The highest BCUT2D eigenvalue weighted by molar-refractivity contribution is 9.10. The lowest BCUT2D eigenvalue weighted by atomic mass is 10.1. The standard InChI is InChI=1S/C21H17BrO4/c1-13(2)6-9-17-18(10-7-14-8-11-19(23)26-20(14)17)25-21(24)15-4-3-5-16(22)12-15/h3-8,10-12H,9H2,1-2H3. The van der Waals surface area contributed by atoms with Crippen molar-refractivity contribution in [2.75, 3.05) is 0 Å². The number of hydrogen-bond donors (Lipinski definition) is 0. The minimum atomic E-state index is -0.470. The lowest BCUT2D eigenvalue weighted by Gasteiger charge is -2.11. The van der Waals surface area contributed by atoms with E-state index in [2.05, 4.69) is 15.9 Å². The minimum absolute atomic E-state index is 0.384. The van der Waals surface area contributed by atoms with E-state index in [4.69, 9.17) is 9.15 Å². The van der Waals surface area contributed by atoms with Crippen LogP contribution in [0, 0.1) is 0 Å². The van der Waals surface area contributed by atoms with Gasteiger partial charge in [0.05, 0.1) is 5.56 Å². The van der Waals surface area contributed by atoms with Gasteiger partial charge in [0.25, 0.3) is 0 Å². The third kappa shape index (κ3) is 4.11. The lowest BCUT2D eigenvalue weighted by Crippen LogP contribution is -2.10. The maximum Gasteiger partial charge on any atom is 0.343 e. The molecule has 0 bridgehead atoms. The van der Waals surface area contributed by atoms with Crippen molar-refractivity contribution in [1.82, 2.24) is 0 Å². The number of ether oxygens (including phenoxy) is 1. The first kappa shape index (κ1) is 18.1. The van der Waals surface area contributed by atoms with Crippen molar-refractivity contribution in [1.29, 1.82) is 0 Å². The molecule has 4 nitrogen and oxygen atoms in total. The molecule has 26 heavy (non-hydrogen) atoms. The van der Waals surface area contributed by atoms with Crippen LogP contribution >= 0.6 is 15.9 Å². The van der Waals surface area contributed by atoms with Gasteiger partial charge < -0.3 is 9.15 Å². The van der Waals surface area contributed by atoms with Gasteiger partial charge in [0.2, 0.25) is 0 Å². The molecule has 3 aromatic rings. The molecule has 0 spiro atoms. The number of fused-ring (bicyclic) bond motifs is 1. The Hall–Kier alpha value is -2.66. The molecule has 0 saturated heterocycles. The second-order valence-corrected chi connectivity index (χ2v) is 7.02. The molecule has 0 N–H and O–H groups in total. The predicted octanol–water partition coefficient (Wildman–Crippen LogP) is 5.28. The SMILES string of the molecule is CC(C)=CCc1c(OC(=O)c2cccc(Br)c2)ccc2ccc(=O)oc12. The Morgan fingerprint density at radius 2 is 1.92 bits per heavy atom. The summed E-state index contributed by atoms with van der Waals surface area (Å²) in [7, 11) is 0. The normalized spacial score (nSPS) is 10.6. The van der Waals surface area contributed by atoms with Crippen LogP contribution in [0.25, 0.3) is 11.0 Å². The summed E-state index contributed by atoms with van der Waals surface area (Å²) in [6.45, 7) is 3.96. The maximum absolute atomic E-state index is 12.5. The fourth-order valence-electron chi connectivity index (χ4n) is 2.54. The van der Waals surface area contributed by atoms with Crippen LogP contribution in [-0.2, 0) is 6.42 Å². The molecule has 0 fully saturated rings. The number of esters is 1. The molecule has 2 aromatic carbocycles. The molecule has 0 radical (unpaired) electrons. The van der Waals surface area contributed by atoms with Crippen LogP contribution in [0.15, 0.2) is 73.9 Å². The Labute approximate surface area is 159 Å². The zero-order valence-electron chi connectivity index (χ0n) is 14.4. The molecule has 1 aromatic heterocycles. The Morgan fingerprint density at radius 1 is 1.15 bits per heavy atom. The van der Waals surface area contributed by atoms with Crippen LogP contribution in [0.4, 0.5) is 0 Å². The summed E-state index contributed by atoms with van der Waals surface area (Å²) in [5, 5.41) is 0.781. The number of carbonyl (C=O) groups is 1. The van der Waals surface area contributed by atoms with Gasteiger partial charge in [-0.25, -0.2) is 9.59 Å². The number of benzene rings is 2. The number of allylic oxidation sites excluding steroid dienone is 2. The van der Waals surface area contributed by atoms with Gasteiger partial charge in [0.1, 0.15) is 11.3 Å². The van der Waals surface area contributed by atoms with E-state index in [9.17, 15) is 9.59 Å². The molecule has 5 heteroatoms. The summed E-state index contributed by atoms with van der Waals surface area (Å²) in [5.74, 6) is -0.0864. The van der Waals surface area contributed by atoms with Gasteiger partial charge in [-0.1, -0.05) is 33.6 Å². The van der Waals surface area contributed by atoms with Gasteiger partial charge >= 0.3 is 11.6 Å². The molecule has 0 saturated carbocycles. The molecular weight excluding hydrogens is 396 g/mol. The van der Waals surface area contributed by atoms with Crippen LogP contribution < -0.4 is 10.4 Å². The second-order valence-electron chi connectivity index (χ2n) is 6.10. The fraction of sp³-hybridized carbons (Fsp3) is 0.143. The summed E-state index contributed by atoms with van der Waals surface area (Å²) in [6, 6.07) is 13.6. The van der Waals surface area contributed by atoms with Crippen LogP contribution in [0.1, 0.15) is 29.8 Å². The number of rotatable bonds is 4. The highest BCUT2D eigenvalue weighted by Gasteiger charge is 2.15. The molecule has 0 aliphatic rings. The maximum atomic E-state index is 12.5. The zero-order valence-corrected chi connectivity index (χ0v) is 16.0. The molecule has 0 atom stereocenters. The first-order valence-corrected chi connectivity index (χ1v) is 8.90. The zero-order chi connectivity index (χ0) is 18.7. The van der Waals surface area contributed by atoms with E-state index in [1.165, 1.54) is 6.07 Å². The van der Waals surface area contributed by atoms with E-state index >= 15 is 0 Å². The highest BCUT2D eigenvalue weighted by atomic mass is 79.9. The van der Waals surface area contributed by atoms with Gasteiger partial charge in [0.15, 0.2) is 0 Å². The summed E-state index contributed by atoms with van der Waals surface area (Å²) >= 11 is 3.35. The van der Waals surface area contributed by atoms with Crippen molar-refractivity contribution in [3.8, 4) is 5.75 Å². The van der Waals surface area contributed by atoms with E-state index < -0.39 is 11.6 Å². The Kier molecular flexibility index (Phi) is 5.38. The quantitative estimate of drug-likeness (QED) is 0.253. The van der Waals surface area contributed by atoms with E-state index in [-0.39, 0.29) is 0 Å². The summed E-state index contributed by atoms with van der Waals surface area (Å²) in [4.78, 5) is 24.2. The molecule has 0 amide bonds. The average molecular weight is 413 g/mol. The molecule has 1 heterocycles. The Morgan fingerprint density at radius 3 is 2.65 bits per heavy atom. The van der Waals surface area contributed by atoms with E-state index in [0.717, 1.165) is 15.4 Å². The van der Waals surface area contributed by atoms with Gasteiger partial charge in [-0.2, -0.15) is 0 Å². The third-order valence-electron chi connectivity index (χ3n) is 3.83. The van der Waals surface area contributed by atoms with Crippen molar-refractivity contribution in [3.63, 3.8) is 0 Å².